The third-order valence-corrected chi connectivity index (χ3v) is 4.30. The fourth-order valence-corrected chi connectivity index (χ4v) is 3.41. The van der Waals surface area contributed by atoms with Crippen molar-refractivity contribution in [1.82, 2.24) is 0 Å². The van der Waals surface area contributed by atoms with E-state index in [4.69, 9.17) is 0 Å². The number of phenolic OH excluding ortho intramolecular Hbond substituents is 1. The Morgan fingerprint density at radius 2 is 1.29 bits per heavy atom. The Morgan fingerprint density at radius 3 is 1.62 bits per heavy atom. The van der Waals surface area contributed by atoms with Gasteiger partial charge in [-0.2, -0.15) is 0 Å². The van der Waals surface area contributed by atoms with Crippen molar-refractivity contribution in [3.05, 3.63) is 28.3 Å². The highest BCUT2D eigenvalue weighted by molar-refractivity contribution is 5.75. The van der Waals surface area contributed by atoms with Crippen molar-refractivity contribution in [1.29, 1.82) is 0 Å². The predicted octanol–water partition coefficient (Wildman–Crippen LogP) is 5.20. The number of aromatic hydroxyl groups is 1. The third-order valence-electron chi connectivity index (χ3n) is 4.30. The first-order valence-corrected chi connectivity index (χ1v) is 9.13. The second-order valence-electron chi connectivity index (χ2n) is 9.98. The third kappa shape index (κ3) is 5.82. The minimum Gasteiger partial charge on any atom is -0.507 e. The van der Waals surface area contributed by atoms with Crippen molar-refractivity contribution in [2.45, 2.75) is 92.9 Å². The van der Waals surface area contributed by atoms with Gasteiger partial charge in [0.15, 0.2) is 17.4 Å². The fourth-order valence-electron chi connectivity index (χ4n) is 3.41. The van der Waals surface area contributed by atoms with Gasteiger partial charge in [0.2, 0.25) is 0 Å². The van der Waals surface area contributed by atoms with Crippen LogP contribution in [-0.4, -0.2) is 22.5 Å². The molecule has 1 aromatic carbocycles. The summed E-state index contributed by atoms with van der Waals surface area (Å²) in [6, 6.07) is 2.28. The molecule has 0 saturated heterocycles. The van der Waals surface area contributed by atoms with Gasteiger partial charge in [-0.1, -0.05) is 75.3 Å². The van der Waals surface area contributed by atoms with Gasteiger partial charge in [0.05, 0.1) is 0 Å². The molecular weight excluding hydrogens is 307 g/mol. The zero-order chi connectivity index (χ0) is 18.2. The molecule has 0 aliphatic rings. The van der Waals surface area contributed by atoms with E-state index >= 15 is 0 Å². The summed E-state index contributed by atoms with van der Waals surface area (Å²) in [5.74, 6) is 1.72. The molecule has 0 aliphatic heterocycles. The number of phenols is 1. The van der Waals surface area contributed by atoms with Gasteiger partial charge in [0.25, 0.3) is 0 Å². The van der Waals surface area contributed by atoms with Crippen molar-refractivity contribution >= 4 is 17.4 Å². The average molecular weight is 349 g/mol. The smallest absolute Gasteiger partial charge is 0.187 e. The molecule has 0 heterocycles. The summed E-state index contributed by atoms with van der Waals surface area (Å²) in [5, 5.41) is 11.1. The molecule has 0 unspecified atom stereocenters. The molecule has 2 heteroatoms. The number of rotatable bonds is 4. The van der Waals surface area contributed by atoms with Crippen LogP contribution in [0.15, 0.2) is 6.07 Å². The molecule has 0 radical (unpaired) electrons. The Balaban J connectivity index is 0.00000529. The van der Waals surface area contributed by atoms with E-state index in [1.54, 1.807) is 0 Å². The van der Waals surface area contributed by atoms with Crippen LogP contribution >= 0.6 is 0 Å². The van der Waals surface area contributed by atoms with Crippen molar-refractivity contribution in [2.24, 2.45) is 11.8 Å². The Morgan fingerprint density at radius 1 is 0.833 bits per heavy atom. The number of hydrogen-bond donors (Lipinski definition) is 1. The first-order chi connectivity index (χ1) is 10.2. The summed E-state index contributed by atoms with van der Waals surface area (Å²) < 4.78 is 0. The predicted molar refractivity (Wildman–Crippen MR) is 113 cm³/mol. The maximum Gasteiger partial charge on any atom is 0.187 e. The van der Waals surface area contributed by atoms with E-state index in [2.05, 4.69) is 75.3 Å². The second-order valence-corrected chi connectivity index (χ2v) is 9.98. The van der Waals surface area contributed by atoms with Crippen molar-refractivity contribution in [3.63, 3.8) is 0 Å². The van der Waals surface area contributed by atoms with E-state index in [-0.39, 0.29) is 28.2 Å². The molecule has 0 spiro atoms. The highest BCUT2D eigenvalue weighted by Crippen LogP contribution is 2.43. The lowest BCUT2D eigenvalue weighted by Crippen LogP contribution is -2.22. The highest BCUT2D eigenvalue weighted by atomic mass is 27.0. The molecule has 1 rings (SSSR count). The standard InChI is InChI=1S/C22H38O.Al.3H/c1-14(2)11-16-13-18(21(5,6)7)20(23)19(22(8,9)10)17(16)12-15(3)4;;;;/h13-15,23H,11-12H2,1-10H3;;;;. The molecular formula is C22H41AlO. The van der Waals surface area contributed by atoms with Crippen LogP contribution in [0.1, 0.15) is 91.5 Å². The van der Waals surface area contributed by atoms with E-state index in [0.717, 1.165) is 24.0 Å². The van der Waals surface area contributed by atoms with Crippen LogP contribution < -0.4 is 0 Å². The van der Waals surface area contributed by atoms with Crippen LogP contribution in [0.3, 0.4) is 0 Å². The van der Waals surface area contributed by atoms with Crippen LogP contribution in [0.25, 0.3) is 0 Å². The normalized spacial score (nSPS) is 12.7. The van der Waals surface area contributed by atoms with Crippen molar-refractivity contribution in [2.75, 3.05) is 0 Å². The second kappa shape index (κ2) is 8.29. The summed E-state index contributed by atoms with van der Waals surface area (Å²) >= 11 is 0. The van der Waals surface area contributed by atoms with Crippen LogP contribution in [0, 0.1) is 11.8 Å². The lowest BCUT2D eigenvalue weighted by Gasteiger charge is -2.32. The fraction of sp³-hybridized carbons (Fsp3) is 0.727. The molecule has 0 saturated carbocycles. The van der Waals surface area contributed by atoms with Crippen LogP contribution in [0.2, 0.25) is 0 Å². The van der Waals surface area contributed by atoms with E-state index in [1.807, 2.05) is 0 Å². The molecule has 1 N–H and O–H groups in total. The Bertz CT molecular complexity index is 543. The summed E-state index contributed by atoms with van der Waals surface area (Å²) in [7, 11) is 0. The van der Waals surface area contributed by atoms with Crippen LogP contribution in [0.4, 0.5) is 0 Å². The largest absolute Gasteiger partial charge is 0.507 e. The first kappa shape index (κ1) is 23.6. The lowest BCUT2D eigenvalue weighted by atomic mass is 9.73. The molecule has 1 aromatic rings. The van der Waals surface area contributed by atoms with E-state index in [0.29, 0.717) is 17.6 Å². The van der Waals surface area contributed by atoms with Gasteiger partial charge in [0, 0.05) is 5.56 Å². The summed E-state index contributed by atoms with van der Waals surface area (Å²) in [6.45, 7) is 22.3. The summed E-state index contributed by atoms with van der Waals surface area (Å²) in [4.78, 5) is 0. The number of hydrogen-bond acceptors (Lipinski definition) is 1. The SMILES string of the molecule is CC(C)Cc1cc(C(C)(C)C)c(O)c(C(C)(C)C)c1CC(C)C.[AlH3]. The molecule has 138 valence electrons. The Hall–Kier alpha value is -0.448. The van der Waals surface area contributed by atoms with Gasteiger partial charge < -0.3 is 5.11 Å². The molecule has 0 atom stereocenters. The van der Waals surface area contributed by atoms with Crippen molar-refractivity contribution < 1.29 is 5.11 Å². The summed E-state index contributed by atoms with van der Waals surface area (Å²) in [5.41, 5.74) is 4.96. The first-order valence-electron chi connectivity index (χ1n) is 9.13. The van der Waals surface area contributed by atoms with Gasteiger partial charge in [-0.3, -0.25) is 0 Å². The van der Waals surface area contributed by atoms with Gasteiger partial charge >= 0.3 is 0 Å². The summed E-state index contributed by atoms with van der Waals surface area (Å²) in [6.07, 6.45) is 2.11. The Labute approximate surface area is 161 Å². The van der Waals surface area contributed by atoms with Crippen molar-refractivity contribution in [3.8, 4) is 5.75 Å². The topological polar surface area (TPSA) is 20.2 Å². The van der Waals surface area contributed by atoms with E-state index in [9.17, 15) is 5.11 Å². The molecule has 0 aromatic heterocycles. The van der Waals surface area contributed by atoms with Crippen LogP contribution in [0.5, 0.6) is 5.75 Å². The van der Waals surface area contributed by atoms with Gasteiger partial charge in [-0.15, -0.1) is 0 Å². The maximum atomic E-state index is 11.1. The minimum absolute atomic E-state index is 0. The average Bonchev–Trinajstić information content (AvgIpc) is 2.27. The minimum atomic E-state index is -0.0543. The molecule has 0 amide bonds. The molecule has 1 nitrogen and oxygen atoms in total. The quantitative estimate of drug-likeness (QED) is 0.742. The maximum absolute atomic E-state index is 11.1. The lowest BCUT2D eigenvalue weighted by molar-refractivity contribution is 0.418. The number of benzene rings is 1. The zero-order valence-electron chi connectivity index (χ0n) is 17.1. The molecule has 24 heavy (non-hydrogen) atoms. The monoisotopic (exact) mass is 348 g/mol. The molecule has 0 bridgehead atoms. The Kier molecular flexibility index (Phi) is 8.13. The molecule has 0 aliphatic carbocycles. The van der Waals surface area contributed by atoms with Gasteiger partial charge in [0.1, 0.15) is 5.75 Å². The zero-order valence-corrected chi connectivity index (χ0v) is 17.1. The highest BCUT2D eigenvalue weighted by Gasteiger charge is 2.30. The van der Waals surface area contributed by atoms with E-state index < -0.39 is 0 Å². The van der Waals surface area contributed by atoms with E-state index in [1.165, 1.54) is 11.1 Å². The van der Waals surface area contributed by atoms with Gasteiger partial charge in [-0.05, 0) is 52.2 Å². The molecule has 0 fully saturated rings. The van der Waals surface area contributed by atoms with Crippen LogP contribution in [-0.2, 0) is 23.7 Å². The van der Waals surface area contributed by atoms with Gasteiger partial charge in [-0.25, -0.2) is 0 Å².